The van der Waals surface area contributed by atoms with Crippen molar-refractivity contribution in [1.29, 1.82) is 0 Å². The van der Waals surface area contributed by atoms with Crippen LogP contribution in [0.5, 0.6) is 0 Å². The number of rotatable bonds is 3. The summed E-state index contributed by atoms with van der Waals surface area (Å²) in [6, 6.07) is 9.78. The van der Waals surface area contributed by atoms with Crippen LogP contribution in [0, 0.1) is 11.8 Å². The predicted molar refractivity (Wildman–Crippen MR) is 81.7 cm³/mol. The lowest BCUT2D eigenvalue weighted by Gasteiger charge is -2.36. The van der Waals surface area contributed by atoms with E-state index < -0.39 is 0 Å². The third-order valence-corrected chi connectivity index (χ3v) is 5.07. The van der Waals surface area contributed by atoms with Gasteiger partial charge in [-0.1, -0.05) is 54.8 Å². The Morgan fingerprint density at radius 3 is 2.50 bits per heavy atom. The van der Waals surface area contributed by atoms with Crippen molar-refractivity contribution in [2.75, 3.05) is 0 Å². The van der Waals surface area contributed by atoms with E-state index in [0.29, 0.717) is 12.1 Å². The zero-order chi connectivity index (χ0) is 13.1. The quantitative estimate of drug-likeness (QED) is 0.835. The number of benzene rings is 1. The monoisotopic (exact) mass is 309 g/mol. The van der Waals surface area contributed by atoms with Crippen molar-refractivity contribution in [3.8, 4) is 0 Å². The number of halogens is 1. The van der Waals surface area contributed by atoms with Gasteiger partial charge in [0.05, 0.1) is 0 Å². The van der Waals surface area contributed by atoms with E-state index in [1.807, 2.05) is 0 Å². The molecule has 18 heavy (non-hydrogen) atoms. The summed E-state index contributed by atoms with van der Waals surface area (Å²) in [5, 5.41) is 3.82. The fraction of sp³-hybridized carbons (Fsp3) is 0.625. The molecule has 1 saturated carbocycles. The second-order valence-electron chi connectivity index (χ2n) is 5.81. The lowest BCUT2D eigenvalue weighted by atomic mass is 9.77. The molecule has 0 radical (unpaired) electrons. The lowest BCUT2D eigenvalue weighted by Crippen LogP contribution is -2.41. The van der Waals surface area contributed by atoms with Crippen LogP contribution in [-0.2, 0) is 0 Å². The van der Waals surface area contributed by atoms with Crippen LogP contribution in [0.2, 0.25) is 0 Å². The Kier molecular flexibility index (Phi) is 4.85. The van der Waals surface area contributed by atoms with Crippen molar-refractivity contribution in [2.45, 2.75) is 52.1 Å². The number of hydrogen-bond acceptors (Lipinski definition) is 1. The third-order valence-electron chi connectivity index (χ3n) is 4.54. The topological polar surface area (TPSA) is 12.0 Å². The Morgan fingerprint density at radius 1 is 1.17 bits per heavy atom. The van der Waals surface area contributed by atoms with E-state index in [1.165, 1.54) is 24.8 Å². The molecule has 100 valence electrons. The molecule has 0 saturated heterocycles. The Balaban J connectivity index is 1.98. The van der Waals surface area contributed by atoms with Gasteiger partial charge in [0.2, 0.25) is 0 Å². The minimum Gasteiger partial charge on any atom is -0.307 e. The molecule has 1 N–H and O–H groups in total. The average Bonchev–Trinajstić information content (AvgIpc) is 2.36. The SMILES string of the molecule is CC1CCCC(N[C@@H](C)c2ccc(Br)cc2)C1C. The second kappa shape index (κ2) is 6.21. The van der Waals surface area contributed by atoms with Crippen LogP contribution in [0.25, 0.3) is 0 Å². The van der Waals surface area contributed by atoms with Crippen LogP contribution in [0.3, 0.4) is 0 Å². The molecule has 1 aromatic carbocycles. The molecule has 0 heterocycles. The molecular weight excluding hydrogens is 286 g/mol. The zero-order valence-corrected chi connectivity index (χ0v) is 13.2. The molecule has 1 aliphatic carbocycles. The first kappa shape index (κ1) is 14.1. The molecule has 4 atom stereocenters. The van der Waals surface area contributed by atoms with Crippen molar-refractivity contribution in [3.05, 3.63) is 34.3 Å². The maximum Gasteiger partial charge on any atom is 0.0294 e. The molecule has 3 unspecified atom stereocenters. The van der Waals surface area contributed by atoms with Crippen LogP contribution < -0.4 is 5.32 Å². The van der Waals surface area contributed by atoms with Gasteiger partial charge < -0.3 is 5.32 Å². The van der Waals surface area contributed by atoms with Gasteiger partial charge in [-0.2, -0.15) is 0 Å². The molecule has 0 aliphatic heterocycles. The normalized spacial score (nSPS) is 30.1. The predicted octanol–water partition coefficient (Wildman–Crippen LogP) is 4.92. The molecular formula is C16H24BrN. The van der Waals surface area contributed by atoms with Gasteiger partial charge in [-0.25, -0.2) is 0 Å². The van der Waals surface area contributed by atoms with Gasteiger partial charge in [0.15, 0.2) is 0 Å². The smallest absolute Gasteiger partial charge is 0.0294 e. The number of nitrogens with one attached hydrogen (secondary N) is 1. The highest BCUT2D eigenvalue weighted by Gasteiger charge is 2.27. The first-order valence-corrected chi connectivity index (χ1v) is 7.88. The first-order valence-electron chi connectivity index (χ1n) is 7.09. The molecule has 2 heteroatoms. The largest absolute Gasteiger partial charge is 0.307 e. The van der Waals surface area contributed by atoms with Gasteiger partial charge in [-0.15, -0.1) is 0 Å². The summed E-state index contributed by atoms with van der Waals surface area (Å²) < 4.78 is 1.15. The summed E-state index contributed by atoms with van der Waals surface area (Å²) in [7, 11) is 0. The maximum absolute atomic E-state index is 3.82. The summed E-state index contributed by atoms with van der Waals surface area (Å²) in [6.45, 7) is 7.06. The van der Waals surface area contributed by atoms with Crippen LogP contribution in [0.4, 0.5) is 0 Å². The molecule has 0 amide bonds. The fourth-order valence-corrected chi connectivity index (χ4v) is 3.25. The minimum absolute atomic E-state index is 0.441. The van der Waals surface area contributed by atoms with Gasteiger partial charge in [0.25, 0.3) is 0 Å². The molecule has 1 fully saturated rings. The molecule has 2 rings (SSSR count). The first-order chi connectivity index (χ1) is 8.58. The summed E-state index contributed by atoms with van der Waals surface area (Å²) >= 11 is 3.49. The van der Waals surface area contributed by atoms with Crippen LogP contribution in [0.15, 0.2) is 28.7 Å². The van der Waals surface area contributed by atoms with E-state index in [2.05, 4.69) is 66.3 Å². The van der Waals surface area contributed by atoms with E-state index in [-0.39, 0.29) is 0 Å². The van der Waals surface area contributed by atoms with Gasteiger partial charge in [0.1, 0.15) is 0 Å². The standard InChI is InChI=1S/C16H24BrN/c1-11-5-4-6-16(12(11)2)18-13(3)14-7-9-15(17)10-8-14/h7-13,16,18H,4-6H2,1-3H3/t11?,12?,13-,16?/m0/s1. The van der Waals surface area contributed by atoms with Crippen LogP contribution in [0.1, 0.15) is 51.6 Å². The summed E-state index contributed by atoms with van der Waals surface area (Å²) in [6.07, 6.45) is 4.09. The highest BCUT2D eigenvalue weighted by molar-refractivity contribution is 9.10. The van der Waals surface area contributed by atoms with E-state index in [1.54, 1.807) is 0 Å². The van der Waals surface area contributed by atoms with Gasteiger partial charge >= 0.3 is 0 Å². The molecule has 0 aromatic heterocycles. The molecule has 1 aromatic rings. The molecule has 1 nitrogen and oxygen atoms in total. The van der Waals surface area contributed by atoms with Crippen molar-refractivity contribution >= 4 is 15.9 Å². The number of hydrogen-bond donors (Lipinski definition) is 1. The third kappa shape index (κ3) is 3.36. The van der Waals surface area contributed by atoms with Crippen molar-refractivity contribution < 1.29 is 0 Å². The highest BCUT2D eigenvalue weighted by atomic mass is 79.9. The minimum atomic E-state index is 0.441. The van der Waals surface area contributed by atoms with Gasteiger partial charge in [-0.3, -0.25) is 0 Å². The molecule has 0 bridgehead atoms. The van der Waals surface area contributed by atoms with Crippen LogP contribution >= 0.6 is 15.9 Å². The fourth-order valence-electron chi connectivity index (χ4n) is 2.99. The highest BCUT2D eigenvalue weighted by Crippen LogP contribution is 2.31. The van der Waals surface area contributed by atoms with Crippen LogP contribution in [-0.4, -0.2) is 6.04 Å². The average molecular weight is 310 g/mol. The van der Waals surface area contributed by atoms with E-state index in [9.17, 15) is 0 Å². The van der Waals surface area contributed by atoms with E-state index in [0.717, 1.165) is 16.3 Å². The van der Waals surface area contributed by atoms with E-state index >= 15 is 0 Å². The summed E-state index contributed by atoms with van der Waals surface area (Å²) in [5.74, 6) is 1.64. The molecule has 0 spiro atoms. The van der Waals surface area contributed by atoms with Gasteiger partial charge in [-0.05, 0) is 42.9 Å². The Morgan fingerprint density at radius 2 is 1.83 bits per heavy atom. The summed E-state index contributed by atoms with van der Waals surface area (Å²) in [5.41, 5.74) is 1.38. The zero-order valence-electron chi connectivity index (χ0n) is 11.6. The Labute approximate surface area is 119 Å². The molecule has 1 aliphatic rings. The summed E-state index contributed by atoms with van der Waals surface area (Å²) in [4.78, 5) is 0. The van der Waals surface area contributed by atoms with Gasteiger partial charge in [0, 0.05) is 16.6 Å². The van der Waals surface area contributed by atoms with Crippen molar-refractivity contribution in [2.24, 2.45) is 11.8 Å². The Bertz CT molecular complexity index is 373. The van der Waals surface area contributed by atoms with Crippen molar-refractivity contribution in [1.82, 2.24) is 5.32 Å². The maximum atomic E-state index is 3.82. The Hall–Kier alpha value is -0.340. The van der Waals surface area contributed by atoms with E-state index in [4.69, 9.17) is 0 Å². The lowest BCUT2D eigenvalue weighted by molar-refractivity contribution is 0.196. The van der Waals surface area contributed by atoms with Crippen molar-refractivity contribution in [3.63, 3.8) is 0 Å². The second-order valence-corrected chi connectivity index (χ2v) is 6.73.